The van der Waals surface area contributed by atoms with E-state index in [-0.39, 0.29) is 6.03 Å². The van der Waals surface area contributed by atoms with Crippen LogP contribution in [0, 0.1) is 0 Å². The Kier molecular flexibility index (Phi) is 2.00. The summed E-state index contributed by atoms with van der Waals surface area (Å²) in [6.07, 6.45) is 0. The summed E-state index contributed by atoms with van der Waals surface area (Å²) in [5.74, 6) is 0. The molecular formula is C9H9BrN2O. The number of hydrogen-bond acceptors (Lipinski definition) is 1. The van der Waals surface area contributed by atoms with Crippen molar-refractivity contribution in [2.45, 2.75) is 6.54 Å². The van der Waals surface area contributed by atoms with Crippen molar-refractivity contribution < 1.29 is 4.79 Å². The van der Waals surface area contributed by atoms with E-state index in [2.05, 4.69) is 21.2 Å². The molecule has 1 aromatic carbocycles. The zero-order valence-electron chi connectivity index (χ0n) is 7.17. The molecule has 0 aromatic heterocycles. The number of rotatable bonds is 0. The van der Waals surface area contributed by atoms with Crippen molar-refractivity contribution in [3.63, 3.8) is 0 Å². The van der Waals surface area contributed by atoms with Gasteiger partial charge < -0.3 is 10.2 Å². The summed E-state index contributed by atoms with van der Waals surface area (Å²) in [6.45, 7) is 0.675. The van der Waals surface area contributed by atoms with Crippen molar-refractivity contribution in [1.29, 1.82) is 0 Å². The molecule has 4 heteroatoms. The summed E-state index contributed by atoms with van der Waals surface area (Å²) in [5, 5.41) is 2.81. The van der Waals surface area contributed by atoms with Gasteiger partial charge in [-0.25, -0.2) is 4.79 Å². The van der Waals surface area contributed by atoms with Crippen molar-refractivity contribution in [2.75, 3.05) is 12.4 Å². The summed E-state index contributed by atoms with van der Waals surface area (Å²) in [5.41, 5.74) is 2.04. The Bertz CT molecular complexity index is 365. The maximum atomic E-state index is 11.3. The number of amides is 2. The van der Waals surface area contributed by atoms with E-state index in [1.165, 1.54) is 0 Å². The second-order valence-electron chi connectivity index (χ2n) is 3.09. The molecule has 1 aromatic rings. The fourth-order valence-electron chi connectivity index (χ4n) is 1.34. The number of carbonyl (C=O) groups is 1. The fourth-order valence-corrected chi connectivity index (χ4v) is 1.70. The van der Waals surface area contributed by atoms with Crippen LogP contribution in [-0.4, -0.2) is 18.0 Å². The number of nitrogens with zero attached hydrogens (tertiary/aromatic N) is 1. The maximum absolute atomic E-state index is 11.3. The normalized spacial score (nSPS) is 15.2. The molecule has 3 nitrogen and oxygen atoms in total. The third-order valence-corrected chi connectivity index (χ3v) is 2.56. The molecule has 13 heavy (non-hydrogen) atoms. The lowest BCUT2D eigenvalue weighted by atomic mass is 10.1. The smallest absolute Gasteiger partial charge is 0.321 e. The van der Waals surface area contributed by atoms with Gasteiger partial charge in [-0.1, -0.05) is 22.0 Å². The highest BCUT2D eigenvalue weighted by molar-refractivity contribution is 9.10. The maximum Gasteiger partial charge on any atom is 0.321 e. The van der Waals surface area contributed by atoms with Crippen LogP contribution in [-0.2, 0) is 6.54 Å². The van der Waals surface area contributed by atoms with E-state index in [4.69, 9.17) is 0 Å². The van der Waals surface area contributed by atoms with E-state index in [1.807, 2.05) is 18.2 Å². The fraction of sp³-hybridized carbons (Fsp3) is 0.222. The minimum absolute atomic E-state index is 0.0504. The Morgan fingerprint density at radius 1 is 1.54 bits per heavy atom. The number of hydrogen-bond donors (Lipinski definition) is 1. The van der Waals surface area contributed by atoms with Crippen LogP contribution in [0.3, 0.4) is 0 Å². The number of nitrogens with one attached hydrogen (secondary N) is 1. The zero-order valence-corrected chi connectivity index (χ0v) is 8.76. The monoisotopic (exact) mass is 240 g/mol. The average molecular weight is 241 g/mol. The number of halogens is 1. The molecular weight excluding hydrogens is 232 g/mol. The molecule has 0 atom stereocenters. The van der Waals surface area contributed by atoms with Gasteiger partial charge in [0, 0.05) is 23.8 Å². The van der Waals surface area contributed by atoms with Gasteiger partial charge in [-0.15, -0.1) is 0 Å². The Morgan fingerprint density at radius 3 is 3.08 bits per heavy atom. The number of fused-ring (bicyclic) bond motifs is 1. The number of urea groups is 1. The first-order valence-corrected chi connectivity index (χ1v) is 4.76. The molecule has 0 saturated carbocycles. The highest BCUT2D eigenvalue weighted by atomic mass is 79.9. The van der Waals surface area contributed by atoms with Gasteiger partial charge in [0.05, 0.1) is 0 Å². The zero-order chi connectivity index (χ0) is 9.42. The van der Waals surface area contributed by atoms with Gasteiger partial charge in [0.2, 0.25) is 0 Å². The van der Waals surface area contributed by atoms with E-state index < -0.39 is 0 Å². The lowest BCUT2D eigenvalue weighted by molar-refractivity contribution is 0.218. The van der Waals surface area contributed by atoms with Gasteiger partial charge in [-0.2, -0.15) is 0 Å². The van der Waals surface area contributed by atoms with Crippen LogP contribution in [0.1, 0.15) is 5.56 Å². The topological polar surface area (TPSA) is 32.3 Å². The summed E-state index contributed by atoms with van der Waals surface area (Å²) in [4.78, 5) is 12.9. The molecule has 0 spiro atoms. The Hall–Kier alpha value is -1.03. The minimum atomic E-state index is -0.0504. The highest BCUT2D eigenvalue weighted by Crippen LogP contribution is 2.25. The largest absolute Gasteiger partial charge is 0.323 e. The molecule has 68 valence electrons. The van der Waals surface area contributed by atoms with E-state index in [9.17, 15) is 4.79 Å². The van der Waals surface area contributed by atoms with Crippen molar-refractivity contribution >= 4 is 27.6 Å². The second kappa shape index (κ2) is 3.03. The van der Waals surface area contributed by atoms with Crippen LogP contribution in [0.15, 0.2) is 22.7 Å². The molecule has 1 heterocycles. The van der Waals surface area contributed by atoms with Crippen LogP contribution in [0.2, 0.25) is 0 Å². The molecule has 0 unspecified atom stereocenters. The predicted octanol–water partition coefficient (Wildman–Crippen LogP) is 2.43. The first-order valence-electron chi connectivity index (χ1n) is 3.97. The van der Waals surface area contributed by atoms with Gasteiger partial charge in [0.1, 0.15) is 0 Å². The van der Waals surface area contributed by atoms with Crippen molar-refractivity contribution in [3.05, 3.63) is 28.2 Å². The van der Waals surface area contributed by atoms with Crippen LogP contribution in [0.4, 0.5) is 10.5 Å². The Labute approximate surface area is 84.9 Å². The summed E-state index contributed by atoms with van der Waals surface area (Å²) < 4.78 is 0.983. The standard InChI is InChI=1S/C9H9BrN2O/c1-12-5-6-2-3-7(10)4-8(6)11-9(12)13/h2-4H,5H2,1H3,(H,11,13). The molecule has 0 radical (unpaired) electrons. The lowest BCUT2D eigenvalue weighted by Crippen LogP contribution is -2.35. The van der Waals surface area contributed by atoms with E-state index >= 15 is 0 Å². The highest BCUT2D eigenvalue weighted by Gasteiger charge is 2.18. The van der Waals surface area contributed by atoms with Gasteiger partial charge in [0.25, 0.3) is 0 Å². The molecule has 2 amide bonds. The van der Waals surface area contributed by atoms with Crippen molar-refractivity contribution in [2.24, 2.45) is 0 Å². The third kappa shape index (κ3) is 1.54. The van der Waals surface area contributed by atoms with Crippen LogP contribution in [0.25, 0.3) is 0 Å². The number of anilines is 1. The second-order valence-corrected chi connectivity index (χ2v) is 4.00. The molecule has 0 aliphatic carbocycles. The van der Waals surface area contributed by atoms with Gasteiger partial charge in [0.15, 0.2) is 0 Å². The van der Waals surface area contributed by atoms with Gasteiger partial charge in [-0.05, 0) is 17.7 Å². The molecule has 1 aliphatic rings. The van der Waals surface area contributed by atoms with Crippen LogP contribution < -0.4 is 5.32 Å². The molecule has 1 aliphatic heterocycles. The predicted molar refractivity (Wildman–Crippen MR) is 54.6 cm³/mol. The van der Waals surface area contributed by atoms with Crippen molar-refractivity contribution in [3.8, 4) is 0 Å². The quantitative estimate of drug-likeness (QED) is 0.743. The Morgan fingerprint density at radius 2 is 2.31 bits per heavy atom. The van der Waals surface area contributed by atoms with Crippen LogP contribution in [0.5, 0.6) is 0 Å². The third-order valence-electron chi connectivity index (χ3n) is 2.07. The number of benzene rings is 1. The summed E-state index contributed by atoms with van der Waals surface area (Å²) >= 11 is 3.36. The molecule has 2 rings (SSSR count). The SMILES string of the molecule is CN1Cc2ccc(Br)cc2NC1=O. The lowest BCUT2D eigenvalue weighted by Gasteiger charge is -2.25. The van der Waals surface area contributed by atoms with Crippen molar-refractivity contribution in [1.82, 2.24) is 4.90 Å². The Balaban J connectivity index is 2.42. The molecule has 0 saturated heterocycles. The van der Waals surface area contributed by atoms with E-state index in [0.717, 1.165) is 15.7 Å². The number of carbonyl (C=O) groups excluding carboxylic acids is 1. The van der Waals surface area contributed by atoms with Crippen LogP contribution >= 0.6 is 15.9 Å². The van der Waals surface area contributed by atoms with E-state index in [1.54, 1.807) is 11.9 Å². The molecule has 0 bridgehead atoms. The van der Waals surface area contributed by atoms with E-state index in [0.29, 0.717) is 6.54 Å². The van der Waals surface area contributed by atoms with Gasteiger partial charge in [-0.3, -0.25) is 0 Å². The first-order chi connectivity index (χ1) is 6.16. The van der Waals surface area contributed by atoms with Gasteiger partial charge >= 0.3 is 6.03 Å². The summed E-state index contributed by atoms with van der Waals surface area (Å²) in [7, 11) is 1.78. The minimum Gasteiger partial charge on any atom is -0.323 e. The summed E-state index contributed by atoms with van der Waals surface area (Å²) in [6, 6.07) is 5.85. The average Bonchev–Trinajstić information content (AvgIpc) is 2.08. The first kappa shape index (κ1) is 8.56. The molecule has 1 N–H and O–H groups in total. The molecule has 0 fully saturated rings.